The van der Waals surface area contributed by atoms with Crippen LogP contribution in [-0.2, 0) is 4.79 Å². The molecular weight excluding hydrogens is 270 g/mol. The highest BCUT2D eigenvalue weighted by molar-refractivity contribution is 8.01. The van der Waals surface area contributed by atoms with Gasteiger partial charge in [0, 0.05) is 5.75 Å². The Hall–Kier alpha value is -0.660. The number of nitrogens with zero attached hydrogens (tertiary/aromatic N) is 2. The van der Waals surface area contributed by atoms with E-state index in [0.717, 1.165) is 30.1 Å². The van der Waals surface area contributed by atoms with Crippen LogP contribution >= 0.6 is 23.3 Å². The first-order valence-corrected chi connectivity index (χ1v) is 7.83. The third-order valence-electron chi connectivity index (χ3n) is 3.11. The van der Waals surface area contributed by atoms with Gasteiger partial charge in [0.1, 0.15) is 11.9 Å². The molecule has 2 N–H and O–H groups in total. The lowest BCUT2D eigenvalue weighted by Gasteiger charge is -2.30. The van der Waals surface area contributed by atoms with Gasteiger partial charge in [-0.25, -0.2) is 4.98 Å². The van der Waals surface area contributed by atoms with Crippen LogP contribution in [0.1, 0.15) is 26.2 Å². The highest BCUT2D eigenvalue weighted by atomic mass is 32.2. The van der Waals surface area contributed by atoms with E-state index in [1.807, 2.05) is 6.92 Å². The predicted molar refractivity (Wildman–Crippen MR) is 72.0 cm³/mol. The largest absolute Gasteiger partial charge is 0.480 e. The first kappa shape index (κ1) is 13.8. The molecule has 0 spiro atoms. The Morgan fingerprint density at radius 2 is 2.50 bits per heavy atom. The first-order chi connectivity index (χ1) is 8.69. The molecule has 1 aliphatic carbocycles. The summed E-state index contributed by atoms with van der Waals surface area (Å²) in [4.78, 5) is 15.7. The number of hydrogen-bond acceptors (Lipinski definition) is 6. The quantitative estimate of drug-likeness (QED) is 0.711. The first-order valence-electron chi connectivity index (χ1n) is 6.07. The van der Waals surface area contributed by atoms with Crippen LogP contribution in [-0.4, -0.2) is 38.3 Å². The molecule has 1 aromatic rings. The molecule has 1 saturated carbocycles. The molecule has 1 unspecified atom stereocenters. The maximum atomic E-state index is 11.7. The topological polar surface area (TPSA) is 75.1 Å². The van der Waals surface area contributed by atoms with Crippen molar-refractivity contribution >= 4 is 29.3 Å². The van der Waals surface area contributed by atoms with Gasteiger partial charge in [-0.1, -0.05) is 18.7 Å². The molecule has 0 aliphatic heterocycles. The minimum atomic E-state index is -0.799. The summed E-state index contributed by atoms with van der Waals surface area (Å²) in [5.74, 6) is 0.0276. The lowest BCUT2D eigenvalue weighted by Crippen LogP contribution is -2.56. The molecule has 18 heavy (non-hydrogen) atoms. The number of hydrogen-bond donors (Lipinski definition) is 2. The predicted octanol–water partition coefficient (Wildman–Crippen LogP) is 1.86. The van der Waals surface area contributed by atoms with Crippen LogP contribution in [0, 0.1) is 5.92 Å². The second-order valence-corrected chi connectivity index (χ2v) is 6.48. The maximum absolute atomic E-state index is 11.7. The van der Waals surface area contributed by atoms with E-state index in [-0.39, 0.29) is 5.92 Å². The molecule has 7 heteroatoms. The number of carboxylic acids is 1. The van der Waals surface area contributed by atoms with Crippen LogP contribution in [0.15, 0.2) is 10.7 Å². The highest BCUT2D eigenvalue weighted by Gasteiger charge is 2.50. The van der Waals surface area contributed by atoms with Crippen LogP contribution < -0.4 is 5.32 Å². The molecule has 1 fully saturated rings. The summed E-state index contributed by atoms with van der Waals surface area (Å²) in [6.45, 7) is 2.78. The lowest BCUT2D eigenvalue weighted by molar-refractivity contribution is -0.144. The molecule has 5 nitrogen and oxygen atoms in total. The third kappa shape index (κ3) is 3.02. The molecule has 0 amide bonds. The van der Waals surface area contributed by atoms with E-state index in [4.69, 9.17) is 0 Å². The normalized spacial score (nSPS) is 18.5. The fraction of sp³-hybridized carbons (Fsp3) is 0.727. The van der Waals surface area contributed by atoms with Gasteiger partial charge in [-0.05, 0) is 43.3 Å². The van der Waals surface area contributed by atoms with Crippen LogP contribution in [0.2, 0.25) is 0 Å². The summed E-state index contributed by atoms with van der Waals surface area (Å²) in [5, 5.41) is 12.8. The highest BCUT2D eigenvalue weighted by Crippen LogP contribution is 2.42. The van der Waals surface area contributed by atoms with Crippen molar-refractivity contribution in [1.82, 2.24) is 14.7 Å². The monoisotopic (exact) mass is 287 g/mol. The van der Waals surface area contributed by atoms with Crippen LogP contribution in [0.25, 0.3) is 0 Å². The Balaban J connectivity index is 2.04. The zero-order valence-electron chi connectivity index (χ0n) is 10.3. The SMILES string of the molecule is CCCNC(CSc1ncns1)(C(=O)O)C1CC1. The van der Waals surface area contributed by atoms with Crippen molar-refractivity contribution in [2.75, 3.05) is 12.3 Å². The van der Waals surface area contributed by atoms with Crippen LogP contribution in [0.4, 0.5) is 0 Å². The number of aliphatic carboxylic acids is 1. The van der Waals surface area contributed by atoms with E-state index in [0.29, 0.717) is 5.75 Å². The standard InChI is InChI=1S/C11H17N3O2S2/c1-2-5-13-11(9(15)16,8-3-4-8)6-17-10-12-7-14-18-10/h7-8,13H,2-6H2,1H3,(H,15,16). The lowest BCUT2D eigenvalue weighted by atomic mass is 9.95. The van der Waals surface area contributed by atoms with Crippen LogP contribution in [0.5, 0.6) is 0 Å². The van der Waals surface area contributed by atoms with Gasteiger partial charge in [-0.15, -0.1) is 0 Å². The Morgan fingerprint density at radius 1 is 1.72 bits per heavy atom. The zero-order chi connectivity index (χ0) is 13.0. The molecule has 2 rings (SSSR count). The van der Waals surface area contributed by atoms with Crippen molar-refractivity contribution < 1.29 is 9.90 Å². The zero-order valence-corrected chi connectivity index (χ0v) is 11.9. The molecule has 1 aliphatic rings. The summed E-state index contributed by atoms with van der Waals surface area (Å²) in [6.07, 6.45) is 4.44. The minimum Gasteiger partial charge on any atom is -0.480 e. The number of nitrogens with one attached hydrogen (secondary N) is 1. The van der Waals surface area contributed by atoms with Gasteiger partial charge in [0.05, 0.1) is 0 Å². The Bertz CT molecular complexity index is 395. The molecule has 0 aromatic carbocycles. The molecule has 1 heterocycles. The number of carboxylic acid groups (broad SMARTS) is 1. The number of thioether (sulfide) groups is 1. The van der Waals surface area contributed by atoms with E-state index in [2.05, 4.69) is 14.7 Å². The van der Waals surface area contributed by atoms with E-state index in [1.165, 1.54) is 29.6 Å². The van der Waals surface area contributed by atoms with E-state index in [9.17, 15) is 9.90 Å². The average molecular weight is 287 g/mol. The van der Waals surface area contributed by atoms with Crippen molar-refractivity contribution in [3.8, 4) is 0 Å². The second-order valence-electron chi connectivity index (χ2n) is 4.47. The van der Waals surface area contributed by atoms with Crippen molar-refractivity contribution in [3.05, 3.63) is 6.33 Å². The van der Waals surface area contributed by atoms with Crippen molar-refractivity contribution in [2.24, 2.45) is 5.92 Å². The van der Waals surface area contributed by atoms with Crippen molar-refractivity contribution in [3.63, 3.8) is 0 Å². The molecule has 0 saturated heterocycles. The number of aromatic nitrogens is 2. The van der Waals surface area contributed by atoms with E-state index in [1.54, 1.807) is 0 Å². The van der Waals surface area contributed by atoms with Gasteiger partial charge in [0.2, 0.25) is 0 Å². The van der Waals surface area contributed by atoms with Crippen LogP contribution in [0.3, 0.4) is 0 Å². The Labute approximate surface area is 115 Å². The van der Waals surface area contributed by atoms with E-state index >= 15 is 0 Å². The average Bonchev–Trinajstić information content (AvgIpc) is 3.07. The second kappa shape index (κ2) is 5.99. The molecule has 1 aromatic heterocycles. The van der Waals surface area contributed by atoms with Crippen molar-refractivity contribution in [2.45, 2.75) is 36.1 Å². The van der Waals surface area contributed by atoms with Gasteiger partial charge in [-0.2, -0.15) is 4.37 Å². The number of rotatable bonds is 8. The van der Waals surface area contributed by atoms with Crippen molar-refractivity contribution in [1.29, 1.82) is 0 Å². The summed E-state index contributed by atoms with van der Waals surface area (Å²) in [6, 6.07) is 0. The Kier molecular flexibility index (Phi) is 4.58. The third-order valence-corrected chi connectivity index (χ3v) is 5.10. The van der Waals surface area contributed by atoms with Gasteiger partial charge < -0.3 is 10.4 Å². The fourth-order valence-corrected chi connectivity index (χ4v) is 3.68. The minimum absolute atomic E-state index is 0.252. The summed E-state index contributed by atoms with van der Waals surface area (Å²) < 4.78 is 4.77. The van der Waals surface area contributed by atoms with Gasteiger partial charge >= 0.3 is 5.97 Å². The summed E-state index contributed by atoms with van der Waals surface area (Å²) in [5.41, 5.74) is -0.799. The van der Waals surface area contributed by atoms with Gasteiger partial charge in [-0.3, -0.25) is 4.79 Å². The summed E-state index contributed by atoms with van der Waals surface area (Å²) in [7, 11) is 0. The maximum Gasteiger partial charge on any atom is 0.325 e. The fourth-order valence-electron chi connectivity index (χ4n) is 1.95. The number of carbonyl (C=O) groups is 1. The van der Waals surface area contributed by atoms with E-state index < -0.39 is 11.5 Å². The molecule has 100 valence electrons. The molecule has 1 atom stereocenters. The summed E-state index contributed by atoms with van der Waals surface area (Å²) >= 11 is 2.80. The van der Waals surface area contributed by atoms with Gasteiger partial charge in [0.15, 0.2) is 4.34 Å². The Morgan fingerprint density at radius 3 is 3.00 bits per heavy atom. The molecule has 0 bridgehead atoms. The molecule has 0 radical (unpaired) electrons. The molecular formula is C11H17N3O2S2. The van der Waals surface area contributed by atoms with Gasteiger partial charge in [0.25, 0.3) is 0 Å². The smallest absolute Gasteiger partial charge is 0.325 e.